The van der Waals surface area contributed by atoms with Gasteiger partial charge in [0.15, 0.2) is 11.7 Å². The lowest BCUT2D eigenvalue weighted by molar-refractivity contribution is -0.120. The molecule has 0 aliphatic heterocycles. The topological polar surface area (TPSA) is 45.7 Å². The van der Waals surface area contributed by atoms with Gasteiger partial charge in [0.2, 0.25) is 0 Å². The van der Waals surface area contributed by atoms with Crippen molar-refractivity contribution in [1.82, 2.24) is 9.88 Å². The fourth-order valence-electron chi connectivity index (χ4n) is 3.11. The number of thiazole rings is 1. The first kappa shape index (κ1) is 24.4. The van der Waals surface area contributed by atoms with Crippen molar-refractivity contribution in [2.45, 2.75) is 20.3 Å². The number of amides is 1. The Morgan fingerprint density at radius 1 is 1.13 bits per heavy atom. The number of anilines is 1. The Morgan fingerprint density at radius 2 is 1.83 bits per heavy atom. The second kappa shape index (κ2) is 11.0. The van der Waals surface area contributed by atoms with Crippen LogP contribution >= 0.6 is 35.3 Å². The number of aromatic nitrogens is 1. The summed E-state index contributed by atoms with van der Waals surface area (Å²) >= 11 is 7.47. The molecule has 1 amide bonds. The first-order valence-corrected chi connectivity index (χ1v) is 10.7. The molecule has 0 N–H and O–H groups in total. The highest BCUT2D eigenvalue weighted by atomic mass is 35.5. The quantitative estimate of drug-likeness (QED) is 0.447. The zero-order valence-corrected chi connectivity index (χ0v) is 20.0. The second-order valence-electron chi connectivity index (χ2n) is 7.37. The smallest absolute Gasteiger partial charge is 0.266 e. The number of ether oxygens (including phenoxy) is 1. The fraction of sp³-hybridized carbons (Fsp3) is 0.364. The summed E-state index contributed by atoms with van der Waals surface area (Å²) in [6, 6.07) is 11.2. The average molecular weight is 468 g/mol. The van der Waals surface area contributed by atoms with Crippen LogP contribution in [-0.4, -0.2) is 49.6 Å². The molecule has 3 aromatic rings. The van der Waals surface area contributed by atoms with Crippen LogP contribution in [0.15, 0.2) is 36.4 Å². The van der Waals surface area contributed by atoms with Gasteiger partial charge in [-0.05, 0) is 82.4 Å². The van der Waals surface area contributed by atoms with Crippen molar-refractivity contribution < 1.29 is 9.53 Å². The Labute approximate surface area is 193 Å². The maximum absolute atomic E-state index is 13.0. The predicted molar refractivity (Wildman–Crippen MR) is 129 cm³/mol. The van der Waals surface area contributed by atoms with Crippen molar-refractivity contribution >= 4 is 56.6 Å². The molecular formula is C22H27Cl2N3O2S. The Bertz CT molecular complexity index is 990. The number of hydrogen-bond acceptors (Lipinski definition) is 5. The van der Waals surface area contributed by atoms with Gasteiger partial charge in [0.05, 0.1) is 10.2 Å². The molecule has 0 bridgehead atoms. The minimum atomic E-state index is -0.105. The summed E-state index contributed by atoms with van der Waals surface area (Å²) in [7, 11) is 4.05. The van der Waals surface area contributed by atoms with Crippen molar-refractivity contribution in [2.75, 3.05) is 38.7 Å². The number of carbonyl (C=O) groups is 1. The summed E-state index contributed by atoms with van der Waals surface area (Å²) in [6.07, 6.45) is 0.855. The third kappa shape index (κ3) is 6.32. The van der Waals surface area contributed by atoms with E-state index in [1.54, 1.807) is 40.5 Å². The molecule has 0 fully saturated rings. The molecular weight excluding hydrogens is 441 g/mol. The number of aryl methyl sites for hydroxylation is 2. The number of rotatable bonds is 8. The molecule has 0 saturated carbocycles. The SMILES string of the molecule is Cc1cc(C)c2sc(N(CCCN(C)C)C(=O)COc3ccc(Cl)cc3)nc2c1.Cl. The molecule has 1 aromatic heterocycles. The summed E-state index contributed by atoms with van der Waals surface area (Å²) in [6.45, 7) is 5.59. The minimum Gasteiger partial charge on any atom is -0.484 e. The van der Waals surface area contributed by atoms with Gasteiger partial charge in [-0.15, -0.1) is 12.4 Å². The Morgan fingerprint density at radius 3 is 2.50 bits per heavy atom. The lowest BCUT2D eigenvalue weighted by Crippen LogP contribution is -2.36. The van der Waals surface area contributed by atoms with Crippen LogP contribution in [0, 0.1) is 13.8 Å². The fourth-order valence-corrected chi connectivity index (χ4v) is 4.29. The van der Waals surface area contributed by atoms with Gasteiger partial charge in [-0.1, -0.05) is 29.0 Å². The molecule has 5 nitrogen and oxygen atoms in total. The van der Waals surface area contributed by atoms with E-state index in [1.807, 2.05) is 14.1 Å². The van der Waals surface area contributed by atoms with Crippen molar-refractivity contribution in [3.63, 3.8) is 0 Å². The van der Waals surface area contributed by atoms with Crippen LogP contribution in [0.5, 0.6) is 5.75 Å². The van der Waals surface area contributed by atoms with Crippen LogP contribution in [0.1, 0.15) is 17.5 Å². The molecule has 162 valence electrons. The molecule has 8 heteroatoms. The van der Waals surface area contributed by atoms with Gasteiger partial charge >= 0.3 is 0 Å². The monoisotopic (exact) mass is 467 g/mol. The highest BCUT2D eigenvalue weighted by Crippen LogP contribution is 2.32. The van der Waals surface area contributed by atoms with E-state index in [4.69, 9.17) is 21.3 Å². The Kier molecular flexibility index (Phi) is 8.92. The lowest BCUT2D eigenvalue weighted by atomic mass is 10.1. The molecule has 0 aliphatic carbocycles. The molecule has 2 aromatic carbocycles. The lowest BCUT2D eigenvalue weighted by Gasteiger charge is -2.21. The van der Waals surface area contributed by atoms with E-state index in [1.165, 1.54) is 11.1 Å². The molecule has 3 rings (SSSR count). The molecule has 0 aliphatic rings. The molecule has 0 radical (unpaired) electrons. The van der Waals surface area contributed by atoms with Gasteiger partial charge in [-0.3, -0.25) is 9.69 Å². The zero-order valence-electron chi connectivity index (χ0n) is 17.6. The van der Waals surface area contributed by atoms with Gasteiger partial charge < -0.3 is 9.64 Å². The largest absolute Gasteiger partial charge is 0.484 e. The molecule has 1 heterocycles. The Balaban J connectivity index is 0.00000320. The zero-order chi connectivity index (χ0) is 21.0. The van der Waals surface area contributed by atoms with Crippen molar-refractivity contribution in [3.05, 3.63) is 52.5 Å². The Hall–Kier alpha value is -1.86. The number of nitrogens with zero attached hydrogens (tertiary/aromatic N) is 3. The van der Waals surface area contributed by atoms with E-state index in [-0.39, 0.29) is 24.9 Å². The second-order valence-corrected chi connectivity index (χ2v) is 8.79. The first-order chi connectivity index (χ1) is 13.8. The number of fused-ring (bicyclic) bond motifs is 1. The van der Waals surface area contributed by atoms with E-state index in [2.05, 4.69) is 30.9 Å². The van der Waals surface area contributed by atoms with E-state index < -0.39 is 0 Å². The van der Waals surface area contributed by atoms with Gasteiger partial charge in [-0.2, -0.15) is 0 Å². The van der Waals surface area contributed by atoms with Crippen molar-refractivity contribution in [1.29, 1.82) is 0 Å². The maximum Gasteiger partial charge on any atom is 0.266 e. The highest BCUT2D eigenvalue weighted by Gasteiger charge is 2.21. The number of benzene rings is 2. The maximum atomic E-state index is 13.0. The molecule has 0 saturated heterocycles. The number of hydrogen-bond donors (Lipinski definition) is 0. The van der Waals surface area contributed by atoms with Crippen LogP contribution in [0.2, 0.25) is 5.02 Å². The molecule has 0 spiro atoms. The summed E-state index contributed by atoms with van der Waals surface area (Å²) < 4.78 is 6.81. The highest BCUT2D eigenvalue weighted by molar-refractivity contribution is 7.22. The third-order valence-corrected chi connectivity index (χ3v) is 5.99. The van der Waals surface area contributed by atoms with Crippen LogP contribution in [0.3, 0.4) is 0 Å². The van der Waals surface area contributed by atoms with Crippen molar-refractivity contribution in [3.8, 4) is 5.75 Å². The van der Waals surface area contributed by atoms with Gasteiger partial charge in [-0.25, -0.2) is 4.98 Å². The molecule has 30 heavy (non-hydrogen) atoms. The van der Waals surface area contributed by atoms with Gasteiger partial charge in [0, 0.05) is 11.6 Å². The van der Waals surface area contributed by atoms with E-state index in [9.17, 15) is 4.79 Å². The van der Waals surface area contributed by atoms with Gasteiger partial charge in [0.1, 0.15) is 5.75 Å². The standard InChI is InChI=1S/C22H26ClN3O2S.ClH/c1-15-12-16(2)21-19(13-15)24-22(29-21)26(11-5-10-25(3)4)20(27)14-28-18-8-6-17(23)7-9-18;/h6-9,12-13H,5,10-11,14H2,1-4H3;1H. The van der Waals surface area contributed by atoms with Crippen molar-refractivity contribution in [2.24, 2.45) is 0 Å². The summed E-state index contributed by atoms with van der Waals surface area (Å²) in [4.78, 5) is 21.6. The van der Waals surface area contributed by atoms with Gasteiger partial charge in [0.25, 0.3) is 5.91 Å². The summed E-state index contributed by atoms with van der Waals surface area (Å²) in [5, 5.41) is 1.35. The van der Waals surface area contributed by atoms with Crippen LogP contribution in [0.25, 0.3) is 10.2 Å². The average Bonchev–Trinajstić information content (AvgIpc) is 3.08. The number of carbonyl (C=O) groups excluding carboxylic acids is 1. The third-order valence-electron chi connectivity index (χ3n) is 4.50. The van der Waals surface area contributed by atoms with Crippen LogP contribution in [0.4, 0.5) is 5.13 Å². The van der Waals surface area contributed by atoms with Crippen LogP contribution < -0.4 is 9.64 Å². The normalized spacial score (nSPS) is 10.9. The first-order valence-electron chi connectivity index (χ1n) is 9.55. The van der Waals surface area contributed by atoms with E-state index >= 15 is 0 Å². The summed E-state index contributed by atoms with van der Waals surface area (Å²) in [5.41, 5.74) is 3.29. The minimum absolute atomic E-state index is 0. The van der Waals surface area contributed by atoms with E-state index in [0.717, 1.165) is 28.3 Å². The van der Waals surface area contributed by atoms with E-state index in [0.29, 0.717) is 17.3 Å². The summed E-state index contributed by atoms with van der Waals surface area (Å²) in [5.74, 6) is 0.513. The molecule has 0 unspecified atom stereocenters. The van der Waals surface area contributed by atoms with Crippen LogP contribution in [-0.2, 0) is 4.79 Å². The molecule has 0 atom stereocenters. The predicted octanol–water partition coefficient (Wildman–Crippen LogP) is 5.35. The number of halogens is 2.